The summed E-state index contributed by atoms with van der Waals surface area (Å²) in [7, 11) is 0. The normalized spacial score (nSPS) is 9.79. The average Bonchev–Trinajstić information content (AvgIpc) is 2.18. The van der Waals surface area contributed by atoms with Gasteiger partial charge >= 0.3 is 0 Å². The highest BCUT2D eigenvalue weighted by Crippen LogP contribution is 2.17. The zero-order valence-electron chi connectivity index (χ0n) is 7.69. The molecule has 1 aromatic carbocycles. The standard InChI is InChI=1S/C9H10N2O2S/c1-2-14-9(10)7-4-3-5-8(6-7)11(12)13/h3-6,10H,2H2,1H3. The maximum absolute atomic E-state index is 10.5. The third-order valence-electron chi connectivity index (χ3n) is 1.61. The molecule has 0 fully saturated rings. The molecule has 0 bridgehead atoms. The minimum absolute atomic E-state index is 0.0314. The molecule has 0 saturated carbocycles. The van der Waals surface area contributed by atoms with E-state index >= 15 is 0 Å². The second-order valence-corrected chi connectivity index (χ2v) is 3.84. The Hall–Kier alpha value is -1.36. The molecule has 1 N–H and O–H groups in total. The number of nitro benzene ring substituents is 1. The maximum Gasteiger partial charge on any atom is 0.270 e. The third kappa shape index (κ3) is 2.56. The van der Waals surface area contributed by atoms with Crippen LogP contribution in [0.1, 0.15) is 12.5 Å². The first-order valence-electron chi connectivity index (χ1n) is 4.11. The van der Waals surface area contributed by atoms with Gasteiger partial charge in [0.2, 0.25) is 0 Å². The first-order valence-corrected chi connectivity index (χ1v) is 5.10. The molecule has 0 radical (unpaired) electrons. The van der Waals surface area contributed by atoms with Gasteiger partial charge in [0.25, 0.3) is 5.69 Å². The third-order valence-corrected chi connectivity index (χ3v) is 2.42. The van der Waals surface area contributed by atoms with Gasteiger partial charge in [0, 0.05) is 17.7 Å². The Labute approximate surface area is 86.0 Å². The van der Waals surface area contributed by atoms with Crippen molar-refractivity contribution in [3.8, 4) is 0 Å². The van der Waals surface area contributed by atoms with Crippen LogP contribution in [0.4, 0.5) is 5.69 Å². The van der Waals surface area contributed by atoms with Crippen molar-refractivity contribution in [1.82, 2.24) is 0 Å². The van der Waals surface area contributed by atoms with Gasteiger partial charge in [0.15, 0.2) is 0 Å². The number of thioether (sulfide) groups is 1. The van der Waals surface area contributed by atoms with Gasteiger partial charge in [-0.15, -0.1) is 11.8 Å². The zero-order valence-corrected chi connectivity index (χ0v) is 8.50. The molecular formula is C9H10N2O2S. The predicted octanol–water partition coefficient (Wildman–Crippen LogP) is 2.67. The molecule has 0 spiro atoms. The van der Waals surface area contributed by atoms with Crippen LogP contribution in [-0.2, 0) is 0 Å². The van der Waals surface area contributed by atoms with Crippen LogP contribution in [-0.4, -0.2) is 15.7 Å². The fourth-order valence-electron chi connectivity index (χ4n) is 0.988. The maximum atomic E-state index is 10.5. The predicted molar refractivity (Wildman–Crippen MR) is 58.1 cm³/mol. The molecule has 0 unspecified atom stereocenters. The van der Waals surface area contributed by atoms with Crippen LogP contribution in [0.5, 0.6) is 0 Å². The summed E-state index contributed by atoms with van der Waals surface area (Å²) < 4.78 is 0. The van der Waals surface area contributed by atoms with E-state index in [9.17, 15) is 10.1 Å². The molecule has 0 aliphatic rings. The summed E-state index contributed by atoms with van der Waals surface area (Å²) in [6, 6.07) is 6.15. The van der Waals surface area contributed by atoms with Crippen molar-refractivity contribution in [3.63, 3.8) is 0 Å². The molecule has 0 saturated heterocycles. The van der Waals surface area contributed by atoms with Gasteiger partial charge in [-0.2, -0.15) is 0 Å². The van der Waals surface area contributed by atoms with Gasteiger partial charge in [-0.1, -0.05) is 19.1 Å². The zero-order chi connectivity index (χ0) is 10.6. The highest BCUT2D eigenvalue weighted by atomic mass is 32.2. The molecule has 74 valence electrons. The Bertz CT molecular complexity index is 366. The summed E-state index contributed by atoms with van der Waals surface area (Å²) in [5.74, 6) is 0.793. The minimum atomic E-state index is -0.451. The largest absolute Gasteiger partial charge is 0.293 e. The number of nitro groups is 1. The first-order chi connectivity index (χ1) is 6.65. The lowest BCUT2D eigenvalue weighted by Crippen LogP contribution is -1.95. The lowest BCUT2D eigenvalue weighted by Gasteiger charge is -2.00. The van der Waals surface area contributed by atoms with Crippen LogP contribution in [0.15, 0.2) is 24.3 Å². The molecule has 0 aromatic heterocycles. The van der Waals surface area contributed by atoms with E-state index in [0.717, 1.165) is 5.75 Å². The van der Waals surface area contributed by atoms with Crippen molar-refractivity contribution in [2.45, 2.75) is 6.92 Å². The quantitative estimate of drug-likeness (QED) is 0.361. The van der Waals surface area contributed by atoms with Gasteiger partial charge in [-0.3, -0.25) is 15.5 Å². The molecule has 0 aliphatic heterocycles. The Kier molecular flexibility index (Phi) is 3.64. The molecule has 1 aromatic rings. The Morgan fingerprint density at radius 1 is 1.64 bits per heavy atom. The van der Waals surface area contributed by atoms with Crippen molar-refractivity contribution >= 4 is 22.5 Å². The number of nitrogens with zero attached hydrogens (tertiary/aromatic N) is 1. The summed E-state index contributed by atoms with van der Waals surface area (Å²) >= 11 is 1.37. The molecule has 0 amide bonds. The van der Waals surface area contributed by atoms with Crippen LogP contribution >= 0.6 is 11.8 Å². The van der Waals surface area contributed by atoms with E-state index in [1.54, 1.807) is 12.1 Å². The Morgan fingerprint density at radius 3 is 2.93 bits per heavy atom. The monoisotopic (exact) mass is 210 g/mol. The lowest BCUT2D eigenvalue weighted by molar-refractivity contribution is -0.384. The van der Waals surface area contributed by atoms with E-state index in [4.69, 9.17) is 5.41 Å². The van der Waals surface area contributed by atoms with E-state index in [1.165, 1.54) is 23.9 Å². The summed E-state index contributed by atoms with van der Waals surface area (Å²) in [4.78, 5) is 10.0. The molecular weight excluding hydrogens is 200 g/mol. The number of benzene rings is 1. The topological polar surface area (TPSA) is 67.0 Å². The van der Waals surface area contributed by atoms with E-state index in [2.05, 4.69) is 0 Å². The molecule has 4 nitrogen and oxygen atoms in total. The number of rotatable bonds is 3. The fraction of sp³-hybridized carbons (Fsp3) is 0.222. The number of hydrogen-bond acceptors (Lipinski definition) is 4. The van der Waals surface area contributed by atoms with E-state index < -0.39 is 4.92 Å². The first kappa shape index (κ1) is 10.7. The molecule has 0 aliphatic carbocycles. The highest BCUT2D eigenvalue weighted by Gasteiger charge is 2.08. The molecule has 14 heavy (non-hydrogen) atoms. The summed E-state index contributed by atoms with van der Waals surface area (Å²) in [6.45, 7) is 1.94. The number of hydrogen-bond donors (Lipinski definition) is 1. The van der Waals surface area contributed by atoms with Crippen LogP contribution in [0.3, 0.4) is 0 Å². The SMILES string of the molecule is CCSC(=N)c1cccc([N+](=O)[O-])c1. The van der Waals surface area contributed by atoms with Crippen LogP contribution in [0, 0.1) is 15.5 Å². The van der Waals surface area contributed by atoms with Crippen molar-refractivity contribution in [3.05, 3.63) is 39.9 Å². The molecule has 0 atom stereocenters. The number of nitrogens with one attached hydrogen (secondary N) is 1. The van der Waals surface area contributed by atoms with Crippen LogP contribution in [0.25, 0.3) is 0 Å². The minimum Gasteiger partial charge on any atom is -0.293 e. The summed E-state index contributed by atoms with van der Waals surface area (Å²) in [6.07, 6.45) is 0. The Balaban J connectivity index is 2.93. The lowest BCUT2D eigenvalue weighted by atomic mass is 10.2. The molecule has 5 heteroatoms. The second kappa shape index (κ2) is 4.76. The van der Waals surface area contributed by atoms with Gasteiger partial charge < -0.3 is 0 Å². The van der Waals surface area contributed by atoms with E-state index in [1.807, 2.05) is 6.92 Å². The van der Waals surface area contributed by atoms with Crippen molar-refractivity contribution in [1.29, 1.82) is 5.41 Å². The van der Waals surface area contributed by atoms with Gasteiger partial charge in [-0.25, -0.2) is 0 Å². The summed E-state index contributed by atoms with van der Waals surface area (Å²) in [5, 5.41) is 18.4. The van der Waals surface area contributed by atoms with E-state index in [-0.39, 0.29) is 5.69 Å². The Morgan fingerprint density at radius 2 is 2.36 bits per heavy atom. The van der Waals surface area contributed by atoms with Crippen molar-refractivity contribution in [2.24, 2.45) is 0 Å². The number of non-ortho nitro benzene ring substituents is 1. The average molecular weight is 210 g/mol. The molecule has 0 heterocycles. The molecule has 1 rings (SSSR count). The van der Waals surface area contributed by atoms with Crippen LogP contribution < -0.4 is 0 Å². The smallest absolute Gasteiger partial charge is 0.270 e. The van der Waals surface area contributed by atoms with Gasteiger partial charge in [0.05, 0.1) is 9.97 Å². The van der Waals surface area contributed by atoms with E-state index in [0.29, 0.717) is 10.6 Å². The van der Waals surface area contributed by atoms with Crippen molar-refractivity contribution in [2.75, 3.05) is 5.75 Å². The van der Waals surface area contributed by atoms with Crippen LogP contribution in [0.2, 0.25) is 0 Å². The summed E-state index contributed by atoms with van der Waals surface area (Å²) in [5.41, 5.74) is 0.634. The van der Waals surface area contributed by atoms with Crippen molar-refractivity contribution < 1.29 is 4.92 Å². The van der Waals surface area contributed by atoms with Gasteiger partial charge in [0.1, 0.15) is 0 Å². The van der Waals surface area contributed by atoms with Gasteiger partial charge in [-0.05, 0) is 5.75 Å². The fourth-order valence-corrected chi connectivity index (χ4v) is 1.57. The highest BCUT2D eigenvalue weighted by molar-refractivity contribution is 8.14. The second-order valence-electron chi connectivity index (χ2n) is 2.57.